The highest BCUT2D eigenvalue weighted by Crippen LogP contribution is 2.10. The van der Waals surface area contributed by atoms with Crippen molar-refractivity contribution >= 4 is 11.9 Å². The van der Waals surface area contributed by atoms with Crippen LogP contribution < -0.4 is 0 Å². The average Bonchev–Trinajstić information content (AvgIpc) is 2.97. The molecule has 13 nitrogen and oxygen atoms in total. The molecular weight excluding hydrogens is 538 g/mol. The first kappa shape index (κ1) is 32.5. The minimum absolute atomic E-state index is 0.0533. The van der Waals surface area contributed by atoms with E-state index in [-0.39, 0.29) is 19.4 Å². The van der Waals surface area contributed by atoms with Gasteiger partial charge in [0.1, 0.15) is 5.69 Å². The number of azide groups is 1. The summed E-state index contributed by atoms with van der Waals surface area (Å²) in [6.07, 6.45) is 5.65. The van der Waals surface area contributed by atoms with E-state index in [0.29, 0.717) is 89.9 Å². The standard InChI is InChI=1S/C29H39N9O4/c1-2-24-5-3-7-26(32-24)22-37-17-13-35(11-9-28(39)40)15-19-38(20-16-36(14-18-37)12-10-29(41)42)23-27-8-4-6-25(33-27)21-31-34-30/h1,3-8H,9-23H2,(H,39,40)(H,41,42). The molecule has 2 aromatic rings. The second kappa shape index (κ2) is 17.7. The number of hydrogen-bond donors (Lipinski definition) is 2. The molecule has 0 atom stereocenters. The molecule has 0 aromatic carbocycles. The minimum Gasteiger partial charge on any atom is -0.481 e. The van der Waals surface area contributed by atoms with E-state index in [4.69, 9.17) is 12.0 Å². The Morgan fingerprint density at radius 1 is 0.786 bits per heavy atom. The first-order chi connectivity index (χ1) is 20.3. The summed E-state index contributed by atoms with van der Waals surface area (Å²) >= 11 is 0. The van der Waals surface area contributed by atoms with E-state index in [1.165, 1.54) is 0 Å². The summed E-state index contributed by atoms with van der Waals surface area (Å²) in [5.74, 6) is 0.911. The van der Waals surface area contributed by atoms with Gasteiger partial charge in [0, 0.05) is 89.1 Å². The molecule has 0 radical (unpaired) electrons. The molecule has 42 heavy (non-hydrogen) atoms. The van der Waals surface area contributed by atoms with Crippen molar-refractivity contribution in [3.8, 4) is 12.3 Å². The lowest BCUT2D eigenvalue weighted by molar-refractivity contribution is -0.138. The number of hydrogen-bond acceptors (Lipinski definition) is 9. The zero-order chi connectivity index (χ0) is 30.2. The Balaban J connectivity index is 1.78. The second-order valence-corrected chi connectivity index (χ2v) is 10.2. The van der Waals surface area contributed by atoms with Crippen molar-refractivity contribution in [3.63, 3.8) is 0 Å². The third-order valence-corrected chi connectivity index (χ3v) is 7.10. The fraction of sp³-hybridized carbons (Fsp3) is 0.517. The van der Waals surface area contributed by atoms with Gasteiger partial charge in [0.25, 0.3) is 0 Å². The van der Waals surface area contributed by atoms with Crippen molar-refractivity contribution in [2.24, 2.45) is 5.11 Å². The van der Waals surface area contributed by atoms with E-state index in [1.807, 2.05) is 30.3 Å². The monoisotopic (exact) mass is 577 g/mol. The van der Waals surface area contributed by atoms with Gasteiger partial charge in [-0.15, -0.1) is 6.42 Å². The Morgan fingerprint density at radius 2 is 1.24 bits per heavy atom. The maximum Gasteiger partial charge on any atom is 0.304 e. The molecule has 3 heterocycles. The summed E-state index contributed by atoms with van der Waals surface area (Å²) in [6, 6.07) is 11.3. The maximum atomic E-state index is 11.4. The molecule has 224 valence electrons. The summed E-state index contributed by atoms with van der Waals surface area (Å²) in [6.45, 7) is 7.62. The summed E-state index contributed by atoms with van der Waals surface area (Å²) in [4.78, 5) is 43.6. The van der Waals surface area contributed by atoms with Crippen LogP contribution in [-0.4, -0.2) is 117 Å². The Morgan fingerprint density at radius 3 is 1.71 bits per heavy atom. The number of carboxylic acid groups (broad SMARTS) is 2. The van der Waals surface area contributed by atoms with Gasteiger partial charge in [0.15, 0.2) is 0 Å². The molecular formula is C29H39N9O4. The van der Waals surface area contributed by atoms with Crippen molar-refractivity contribution in [1.29, 1.82) is 0 Å². The molecule has 0 spiro atoms. The number of nitrogens with zero attached hydrogens (tertiary/aromatic N) is 9. The van der Waals surface area contributed by atoms with E-state index in [2.05, 4.69) is 45.5 Å². The number of pyridine rings is 2. The zero-order valence-electron chi connectivity index (χ0n) is 23.9. The third-order valence-electron chi connectivity index (χ3n) is 7.10. The summed E-state index contributed by atoms with van der Waals surface area (Å²) in [5, 5.41) is 22.3. The molecule has 2 aromatic heterocycles. The van der Waals surface area contributed by atoms with Crippen LogP contribution in [0.5, 0.6) is 0 Å². The lowest BCUT2D eigenvalue weighted by Crippen LogP contribution is -2.46. The quantitative estimate of drug-likeness (QED) is 0.165. The first-order valence-corrected chi connectivity index (χ1v) is 14.1. The van der Waals surface area contributed by atoms with Gasteiger partial charge in [0.2, 0.25) is 0 Å². The van der Waals surface area contributed by atoms with Gasteiger partial charge < -0.3 is 20.0 Å². The van der Waals surface area contributed by atoms with Crippen LogP contribution in [0.3, 0.4) is 0 Å². The normalized spacial score (nSPS) is 16.5. The first-order valence-electron chi connectivity index (χ1n) is 14.1. The highest BCUT2D eigenvalue weighted by molar-refractivity contribution is 5.67. The van der Waals surface area contributed by atoms with Crippen LogP contribution in [0.1, 0.15) is 35.6 Å². The Bertz CT molecular complexity index is 1230. The van der Waals surface area contributed by atoms with Gasteiger partial charge >= 0.3 is 11.9 Å². The van der Waals surface area contributed by atoms with Crippen molar-refractivity contribution in [2.45, 2.75) is 32.5 Å². The number of rotatable bonds is 12. The fourth-order valence-electron chi connectivity index (χ4n) is 4.77. The van der Waals surface area contributed by atoms with Gasteiger partial charge in [-0.05, 0) is 29.8 Å². The zero-order valence-corrected chi connectivity index (χ0v) is 23.9. The summed E-state index contributed by atoms with van der Waals surface area (Å²) in [7, 11) is 0. The smallest absolute Gasteiger partial charge is 0.304 e. The molecule has 3 rings (SSSR count). The topological polar surface area (TPSA) is 162 Å². The van der Waals surface area contributed by atoms with Gasteiger partial charge in [-0.3, -0.25) is 24.4 Å². The van der Waals surface area contributed by atoms with Gasteiger partial charge in [-0.2, -0.15) is 0 Å². The van der Waals surface area contributed by atoms with Crippen LogP contribution in [-0.2, 0) is 29.2 Å². The van der Waals surface area contributed by atoms with Crippen molar-refractivity contribution in [2.75, 3.05) is 65.4 Å². The van der Waals surface area contributed by atoms with Crippen LogP contribution in [0.25, 0.3) is 10.4 Å². The van der Waals surface area contributed by atoms with E-state index in [1.54, 1.807) is 6.07 Å². The predicted octanol–water partition coefficient (Wildman–Crippen LogP) is 2.14. The molecule has 2 N–H and O–H groups in total. The number of carbonyl (C=O) groups is 2. The van der Waals surface area contributed by atoms with Crippen LogP contribution in [0.2, 0.25) is 0 Å². The molecule has 0 amide bonds. The summed E-state index contributed by atoms with van der Waals surface area (Å²) < 4.78 is 0. The lowest BCUT2D eigenvalue weighted by atomic mass is 10.2. The number of carboxylic acids is 2. The second-order valence-electron chi connectivity index (χ2n) is 10.2. The number of aromatic nitrogens is 2. The highest BCUT2D eigenvalue weighted by atomic mass is 16.4. The van der Waals surface area contributed by atoms with Crippen molar-refractivity contribution < 1.29 is 19.8 Å². The largest absolute Gasteiger partial charge is 0.481 e. The highest BCUT2D eigenvalue weighted by Gasteiger charge is 2.19. The molecule has 0 unspecified atom stereocenters. The van der Waals surface area contributed by atoms with E-state index in [9.17, 15) is 19.8 Å². The molecule has 0 aliphatic carbocycles. The molecule has 1 fully saturated rings. The van der Waals surface area contributed by atoms with Gasteiger partial charge in [-0.25, -0.2) is 4.98 Å². The predicted molar refractivity (Wildman–Crippen MR) is 157 cm³/mol. The molecule has 13 heteroatoms. The average molecular weight is 578 g/mol. The fourth-order valence-corrected chi connectivity index (χ4v) is 4.77. The third kappa shape index (κ3) is 12.2. The van der Waals surface area contributed by atoms with Crippen molar-refractivity contribution in [1.82, 2.24) is 29.6 Å². The Labute approximate surface area is 246 Å². The van der Waals surface area contributed by atoms with Gasteiger partial charge in [0.05, 0.1) is 30.8 Å². The molecule has 1 aliphatic heterocycles. The minimum atomic E-state index is -0.833. The van der Waals surface area contributed by atoms with E-state index < -0.39 is 11.9 Å². The Kier molecular flexibility index (Phi) is 13.7. The van der Waals surface area contributed by atoms with Crippen LogP contribution in [0, 0.1) is 12.3 Å². The number of aliphatic carboxylic acids is 2. The molecule has 0 bridgehead atoms. The van der Waals surface area contributed by atoms with E-state index >= 15 is 0 Å². The van der Waals surface area contributed by atoms with Crippen LogP contribution in [0.15, 0.2) is 41.5 Å². The van der Waals surface area contributed by atoms with Crippen LogP contribution in [0.4, 0.5) is 0 Å². The van der Waals surface area contributed by atoms with Gasteiger partial charge in [-0.1, -0.05) is 23.2 Å². The number of terminal acetylenes is 1. The Hall–Kier alpha value is -4.05. The van der Waals surface area contributed by atoms with Crippen LogP contribution >= 0.6 is 0 Å². The van der Waals surface area contributed by atoms with E-state index in [0.717, 1.165) is 11.4 Å². The SMILES string of the molecule is C#Cc1cccc(CN2CCN(CCC(=O)O)CCN(Cc3cccc(CN=[N+]=[N-])n3)CCN(CCC(=O)O)CC2)n1. The molecule has 0 saturated carbocycles. The summed E-state index contributed by atoms with van der Waals surface area (Å²) in [5.41, 5.74) is 11.6. The maximum absolute atomic E-state index is 11.4. The molecule has 1 saturated heterocycles. The van der Waals surface area contributed by atoms with Crippen molar-refractivity contribution in [3.05, 3.63) is 69.6 Å². The molecule has 1 aliphatic rings. The lowest BCUT2D eigenvalue weighted by Gasteiger charge is -2.34.